The van der Waals surface area contributed by atoms with Crippen molar-refractivity contribution in [2.24, 2.45) is 0 Å². The molecule has 1 saturated heterocycles. The van der Waals surface area contributed by atoms with Crippen LogP contribution in [-0.4, -0.2) is 50.3 Å². The third-order valence-corrected chi connectivity index (χ3v) is 5.12. The van der Waals surface area contributed by atoms with Crippen molar-refractivity contribution < 1.29 is 23.8 Å². The first-order valence-corrected chi connectivity index (χ1v) is 9.83. The minimum atomic E-state index is -0.315. The minimum absolute atomic E-state index is 0.107. The van der Waals surface area contributed by atoms with E-state index >= 15 is 0 Å². The third kappa shape index (κ3) is 5.20. The quantitative estimate of drug-likeness (QED) is 0.699. The van der Waals surface area contributed by atoms with Gasteiger partial charge in [0, 0.05) is 24.1 Å². The number of hydrogen-bond donors (Lipinski definition) is 2. The van der Waals surface area contributed by atoms with Gasteiger partial charge in [-0.15, -0.1) is 11.3 Å². The summed E-state index contributed by atoms with van der Waals surface area (Å²) >= 11 is 1.27. The van der Waals surface area contributed by atoms with E-state index in [1.165, 1.54) is 25.6 Å². The molecule has 0 aliphatic carbocycles. The molecular formula is C19H23N3O5S. The molecule has 2 N–H and O–H groups in total. The van der Waals surface area contributed by atoms with Crippen molar-refractivity contribution in [3.05, 3.63) is 34.8 Å². The molecule has 1 aliphatic rings. The monoisotopic (exact) mass is 405 g/mol. The Kier molecular flexibility index (Phi) is 6.83. The number of ether oxygens (including phenoxy) is 3. The number of methoxy groups -OCH3 is 2. The van der Waals surface area contributed by atoms with Crippen LogP contribution < -0.4 is 20.1 Å². The highest BCUT2D eigenvalue weighted by Crippen LogP contribution is 2.28. The van der Waals surface area contributed by atoms with Gasteiger partial charge in [0.25, 0.3) is 5.91 Å². The highest BCUT2D eigenvalue weighted by atomic mass is 32.1. The smallest absolute Gasteiger partial charge is 0.257 e. The van der Waals surface area contributed by atoms with E-state index in [9.17, 15) is 9.59 Å². The lowest BCUT2D eigenvalue weighted by atomic mass is 10.2. The summed E-state index contributed by atoms with van der Waals surface area (Å²) in [5.41, 5.74) is 1.03. The molecule has 0 radical (unpaired) electrons. The number of hydrogen-bond acceptors (Lipinski definition) is 7. The SMILES string of the molecule is COc1ccc(C(=O)Nc2nc(CC(=O)NCC3CCCO3)cs2)cc1OC. The molecule has 2 amide bonds. The van der Waals surface area contributed by atoms with Crippen LogP contribution in [0, 0.1) is 0 Å². The average Bonchev–Trinajstić information content (AvgIpc) is 3.37. The highest BCUT2D eigenvalue weighted by molar-refractivity contribution is 7.14. The van der Waals surface area contributed by atoms with Crippen LogP contribution in [0.2, 0.25) is 0 Å². The summed E-state index contributed by atoms with van der Waals surface area (Å²) in [6, 6.07) is 4.91. The topological polar surface area (TPSA) is 98.8 Å². The normalized spacial score (nSPS) is 15.9. The first-order valence-electron chi connectivity index (χ1n) is 8.95. The summed E-state index contributed by atoms with van der Waals surface area (Å²) in [6.07, 6.45) is 2.28. The van der Waals surface area contributed by atoms with Gasteiger partial charge in [-0.25, -0.2) is 4.98 Å². The van der Waals surface area contributed by atoms with Crippen LogP contribution in [0.15, 0.2) is 23.6 Å². The lowest BCUT2D eigenvalue weighted by Gasteiger charge is -2.10. The zero-order valence-electron chi connectivity index (χ0n) is 15.8. The second-order valence-electron chi connectivity index (χ2n) is 6.28. The second kappa shape index (κ2) is 9.52. The summed E-state index contributed by atoms with van der Waals surface area (Å²) < 4.78 is 15.9. The molecule has 150 valence electrons. The van der Waals surface area contributed by atoms with Crippen LogP contribution in [0.1, 0.15) is 28.9 Å². The van der Waals surface area contributed by atoms with Crippen molar-refractivity contribution in [2.45, 2.75) is 25.4 Å². The van der Waals surface area contributed by atoms with Gasteiger partial charge in [0.2, 0.25) is 5.91 Å². The molecule has 1 atom stereocenters. The summed E-state index contributed by atoms with van der Waals surface area (Å²) in [5, 5.41) is 7.79. The van der Waals surface area contributed by atoms with Crippen molar-refractivity contribution in [2.75, 3.05) is 32.7 Å². The minimum Gasteiger partial charge on any atom is -0.493 e. The predicted molar refractivity (Wildman–Crippen MR) is 105 cm³/mol. The number of carbonyl (C=O) groups excluding carboxylic acids is 2. The molecule has 2 aromatic rings. The lowest BCUT2D eigenvalue weighted by molar-refractivity contribution is -0.121. The molecule has 1 aromatic carbocycles. The number of rotatable bonds is 8. The van der Waals surface area contributed by atoms with Gasteiger partial charge in [-0.1, -0.05) is 0 Å². The molecule has 1 aliphatic heterocycles. The van der Waals surface area contributed by atoms with Gasteiger partial charge >= 0.3 is 0 Å². The van der Waals surface area contributed by atoms with Crippen LogP contribution in [0.3, 0.4) is 0 Å². The Morgan fingerprint density at radius 1 is 1.29 bits per heavy atom. The third-order valence-electron chi connectivity index (χ3n) is 4.31. The Bertz CT molecular complexity index is 833. The number of carbonyl (C=O) groups is 2. The van der Waals surface area contributed by atoms with E-state index in [1.807, 2.05) is 0 Å². The molecular weight excluding hydrogens is 382 g/mol. The molecule has 0 saturated carbocycles. The highest BCUT2D eigenvalue weighted by Gasteiger charge is 2.17. The molecule has 28 heavy (non-hydrogen) atoms. The van der Waals surface area contributed by atoms with Crippen molar-refractivity contribution >= 4 is 28.3 Å². The van der Waals surface area contributed by atoms with Crippen LogP contribution in [-0.2, 0) is 16.0 Å². The van der Waals surface area contributed by atoms with Crippen LogP contribution in [0.25, 0.3) is 0 Å². The number of aromatic nitrogens is 1. The van der Waals surface area contributed by atoms with Gasteiger partial charge in [-0.05, 0) is 31.0 Å². The lowest BCUT2D eigenvalue weighted by Crippen LogP contribution is -2.32. The zero-order valence-corrected chi connectivity index (χ0v) is 16.6. The number of benzene rings is 1. The fraction of sp³-hybridized carbons (Fsp3) is 0.421. The van der Waals surface area contributed by atoms with Gasteiger partial charge in [-0.2, -0.15) is 0 Å². The summed E-state index contributed by atoms with van der Waals surface area (Å²) in [5.74, 6) is 0.589. The van der Waals surface area contributed by atoms with Crippen molar-refractivity contribution in [1.82, 2.24) is 10.3 Å². The second-order valence-corrected chi connectivity index (χ2v) is 7.14. The predicted octanol–water partition coefficient (Wildman–Crippen LogP) is 2.25. The number of thiazole rings is 1. The number of amides is 2. The molecule has 1 unspecified atom stereocenters. The van der Waals surface area contributed by atoms with Crippen LogP contribution in [0.4, 0.5) is 5.13 Å². The maximum absolute atomic E-state index is 12.4. The molecule has 2 heterocycles. The average molecular weight is 405 g/mol. The summed E-state index contributed by atoms with van der Waals surface area (Å²) in [4.78, 5) is 28.8. The number of anilines is 1. The largest absolute Gasteiger partial charge is 0.493 e. The fourth-order valence-electron chi connectivity index (χ4n) is 2.85. The Morgan fingerprint density at radius 3 is 2.82 bits per heavy atom. The summed E-state index contributed by atoms with van der Waals surface area (Å²) in [7, 11) is 3.04. The van der Waals surface area contributed by atoms with Gasteiger partial charge in [0.05, 0.1) is 32.4 Å². The summed E-state index contributed by atoms with van der Waals surface area (Å²) in [6.45, 7) is 1.28. The molecule has 1 aromatic heterocycles. The Hall–Kier alpha value is -2.65. The van der Waals surface area contributed by atoms with Gasteiger partial charge < -0.3 is 19.5 Å². The first kappa shape index (κ1) is 20.1. The Morgan fingerprint density at radius 2 is 2.11 bits per heavy atom. The zero-order chi connectivity index (χ0) is 19.9. The number of nitrogens with one attached hydrogen (secondary N) is 2. The van der Waals surface area contributed by atoms with E-state index in [0.29, 0.717) is 34.4 Å². The van der Waals surface area contributed by atoms with Crippen molar-refractivity contribution in [1.29, 1.82) is 0 Å². The maximum atomic E-state index is 12.4. The van der Waals surface area contributed by atoms with Gasteiger partial charge in [0.15, 0.2) is 16.6 Å². The van der Waals surface area contributed by atoms with Crippen LogP contribution in [0.5, 0.6) is 11.5 Å². The maximum Gasteiger partial charge on any atom is 0.257 e. The van der Waals surface area contributed by atoms with E-state index in [4.69, 9.17) is 14.2 Å². The van der Waals surface area contributed by atoms with Crippen molar-refractivity contribution in [3.8, 4) is 11.5 Å². The first-order chi connectivity index (χ1) is 13.6. The molecule has 9 heteroatoms. The molecule has 0 bridgehead atoms. The van der Waals surface area contributed by atoms with E-state index in [1.54, 1.807) is 23.6 Å². The molecule has 3 rings (SSSR count). The van der Waals surface area contributed by atoms with E-state index in [-0.39, 0.29) is 24.3 Å². The van der Waals surface area contributed by atoms with Crippen LogP contribution >= 0.6 is 11.3 Å². The van der Waals surface area contributed by atoms with E-state index in [0.717, 1.165) is 19.4 Å². The molecule has 0 spiro atoms. The Labute approximate surface area is 167 Å². The fourth-order valence-corrected chi connectivity index (χ4v) is 3.56. The van der Waals surface area contributed by atoms with Crippen molar-refractivity contribution in [3.63, 3.8) is 0 Å². The van der Waals surface area contributed by atoms with Gasteiger partial charge in [-0.3, -0.25) is 14.9 Å². The molecule has 1 fully saturated rings. The van der Waals surface area contributed by atoms with E-state index in [2.05, 4.69) is 15.6 Å². The standard InChI is InChI=1S/C19H23N3O5S/c1-25-15-6-5-12(8-16(15)26-2)18(24)22-19-21-13(11-28-19)9-17(23)20-10-14-4-3-7-27-14/h5-6,8,11,14H,3-4,7,9-10H2,1-2H3,(H,20,23)(H,21,22,24). The Balaban J connectivity index is 1.53. The van der Waals surface area contributed by atoms with E-state index < -0.39 is 0 Å². The number of nitrogens with zero attached hydrogens (tertiary/aromatic N) is 1. The molecule has 8 nitrogen and oxygen atoms in total. The van der Waals surface area contributed by atoms with Gasteiger partial charge in [0.1, 0.15) is 0 Å².